The van der Waals surface area contributed by atoms with E-state index in [9.17, 15) is 13.2 Å². The summed E-state index contributed by atoms with van der Waals surface area (Å²) in [6, 6.07) is 7.60. The maximum Gasteiger partial charge on any atom is 0.416 e. The van der Waals surface area contributed by atoms with Crippen molar-refractivity contribution in [3.05, 3.63) is 47.8 Å². The molecule has 164 valence electrons. The minimum Gasteiger partial charge on any atom is -0.495 e. The van der Waals surface area contributed by atoms with Crippen LogP contribution in [0.15, 0.2) is 36.4 Å². The fourth-order valence-electron chi connectivity index (χ4n) is 4.13. The molecule has 0 saturated carbocycles. The van der Waals surface area contributed by atoms with Crippen molar-refractivity contribution < 1.29 is 27.0 Å². The number of hydrogen-bond donors (Lipinski definition) is 1. The van der Waals surface area contributed by atoms with Gasteiger partial charge in [0.15, 0.2) is 0 Å². The highest BCUT2D eigenvalue weighted by Crippen LogP contribution is 2.40. The predicted molar refractivity (Wildman–Crippen MR) is 109 cm³/mol. The lowest BCUT2D eigenvalue weighted by Gasteiger charge is -2.45. The summed E-state index contributed by atoms with van der Waals surface area (Å²) in [6.45, 7) is 2.69. The molecule has 0 amide bonds. The number of piperidine rings is 1. The second-order valence-electron chi connectivity index (χ2n) is 7.25. The molecule has 1 N–H and O–H groups in total. The highest BCUT2D eigenvalue weighted by molar-refractivity contribution is 5.85. The molecule has 2 aliphatic rings. The molecule has 0 radical (unpaired) electrons. The topological polar surface area (TPSA) is 33.7 Å². The van der Waals surface area contributed by atoms with Crippen LogP contribution in [-0.2, 0) is 10.9 Å². The number of nitrogens with one attached hydrogen (secondary N) is 1. The molecule has 9 heteroatoms. The van der Waals surface area contributed by atoms with Gasteiger partial charge in [0.1, 0.15) is 11.6 Å². The van der Waals surface area contributed by atoms with Crippen LogP contribution in [0.1, 0.15) is 12.0 Å². The SMILES string of the molecule is COc1cc(-c2cccc(C(F)(F)F)c2)c(F)cc1N1CCOC2CNCCC21.Cl. The van der Waals surface area contributed by atoms with Crippen LogP contribution in [0.5, 0.6) is 5.75 Å². The van der Waals surface area contributed by atoms with Crippen molar-refractivity contribution in [1.82, 2.24) is 5.32 Å². The molecule has 0 spiro atoms. The normalized spacial score (nSPS) is 21.6. The van der Waals surface area contributed by atoms with Gasteiger partial charge in [0.25, 0.3) is 0 Å². The van der Waals surface area contributed by atoms with Gasteiger partial charge < -0.3 is 19.7 Å². The first-order valence-electron chi connectivity index (χ1n) is 9.52. The van der Waals surface area contributed by atoms with Crippen LogP contribution in [0.3, 0.4) is 0 Å². The van der Waals surface area contributed by atoms with Gasteiger partial charge in [0, 0.05) is 24.7 Å². The molecule has 2 aromatic rings. The Morgan fingerprint density at radius 1 is 1.20 bits per heavy atom. The van der Waals surface area contributed by atoms with E-state index in [1.165, 1.54) is 31.4 Å². The zero-order chi connectivity index (χ0) is 20.6. The smallest absolute Gasteiger partial charge is 0.416 e. The lowest BCUT2D eigenvalue weighted by molar-refractivity contribution is -0.137. The number of fused-ring (bicyclic) bond motifs is 1. The fourth-order valence-corrected chi connectivity index (χ4v) is 4.13. The van der Waals surface area contributed by atoms with E-state index >= 15 is 4.39 Å². The first kappa shape index (κ1) is 22.7. The zero-order valence-corrected chi connectivity index (χ0v) is 17.2. The van der Waals surface area contributed by atoms with Gasteiger partial charge in [-0.2, -0.15) is 13.2 Å². The first-order chi connectivity index (χ1) is 13.9. The van der Waals surface area contributed by atoms with E-state index in [4.69, 9.17) is 9.47 Å². The Balaban J connectivity index is 0.00000256. The van der Waals surface area contributed by atoms with Crippen molar-refractivity contribution in [2.75, 3.05) is 38.3 Å². The van der Waals surface area contributed by atoms with E-state index in [1.54, 1.807) is 0 Å². The van der Waals surface area contributed by atoms with Gasteiger partial charge in [-0.3, -0.25) is 0 Å². The molecule has 0 aromatic heterocycles. The lowest BCUT2D eigenvalue weighted by Crippen LogP contribution is -2.58. The number of alkyl halides is 3. The molecule has 2 fully saturated rings. The van der Waals surface area contributed by atoms with E-state index in [0.717, 1.165) is 31.6 Å². The maximum absolute atomic E-state index is 15.1. The molecule has 4 nitrogen and oxygen atoms in total. The molecule has 4 rings (SSSR count). The number of rotatable bonds is 3. The second kappa shape index (κ2) is 8.99. The van der Waals surface area contributed by atoms with Crippen molar-refractivity contribution in [3.8, 4) is 16.9 Å². The van der Waals surface area contributed by atoms with E-state index < -0.39 is 17.6 Å². The maximum atomic E-state index is 15.1. The van der Waals surface area contributed by atoms with E-state index in [2.05, 4.69) is 10.2 Å². The third-order valence-corrected chi connectivity index (χ3v) is 5.53. The molecular formula is C21H23ClF4N2O2. The third kappa shape index (κ3) is 4.36. The van der Waals surface area contributed by atoms with Gasteiger partial charge in [0.05, 0.1) is 37.1 Å². The Bertz CT molecular complexity index is 892. The standard InChI is InChI=1S/C21H22F4N2O2.ClH/c1-28-19-10-15(13-3-2-4-14(9-13)21(23,24)25)16(22)11-18(19)27-7-8-29-20-12-26-6-5-17(20)27;/h2-4,9-11,17,20,26H,5-8,12H2,1H3;1H. The second-order valence-corrected chi connectivity index (χ2v) is 7.25. The van der Waals surface area contributed by atoms with Crippen LogP contribution in [0.2, 0.25) is 0 Å². The molecule has 30 heavy (non-hydrogen) atoms. The molecule has 2 heterocycles. The number of anilines is 1. The molecule has 2 aliphatic heterocycles. The van der Waals surface area contributed by atoms with E-state index in [1.807, 2.05) is 0 Å². The number of morpholine rings is 1. The lowest BCUT2D eigenvalue weighted by atomic mass is 9.97. The van der Waals surface area contributed by atoms with Crippen LogP contribution in [0, 0.1) is 5.82 Å². The van der Waals surface area contributed by atoms with Gasteiger partial charge in [-0.15, -0.1) is 12.4 Å². The van der Waals surface area contributed by atoms with E-state index in [-0.39, 0.29) is 35.7 Å². The Morgan fingerprint density at radius 2 is 2.00 bits per heavy atom. The fraction of sp³-hybridized carbons (Fsp3) is 0.429. The van der Waals surface area contributed by atoms with Gasteiger partial charge in [-0.1, -0.05) is 12.1 Å². The van der Waals surface area contributed by atoms with Crippen LogP contribution in [-0.4, -0.2) is 45.5 Å². The monoisotopic (exact) mass is 446 g/mol. The summed E-state index contributed by atoms with van der Waals surface area (Å²) in [7, 11) is 1.48. The molecule has 2 saturated heterocycles. The number of halogens is 5. The van der Waals surface area contributed by atoms with Crippen molar-refractivity contribution in [3.63, 3.8) is 0 Å². The zero-order valence-electron chi connectivity index (χ0n) is 16.3. The summed E-state index contributed by atoms with van der Waals surface area (Å²) in [4.78, 5) is 2.09. The first-order valence-corrected chi connectivity index (χ1v) is 9.52. The summed E-state index contributed by atoms with van der Waals surface area (Å²) in [6.07, 6.45) is -3.63. The average molecular weight is 447 g/mol. The largest absolute Gasteiger partial charge is 0.495 e. The molecular weight excluding hydrogens is 424 g/mol. The summed E-state index contributed by atoms with van der Waals surface area (Å²) in [5, 5.41) is 3.30. The van der Waals surface area contributed by atoms with Crippen LogP contribution < -0.4 is 15.0 Å². The number of hydrogen-bond acceptors (Lipinski definition) is 4. The number of nitrogens with zero attached hydrogens (tertiary/aromatic N) is 1. The molecule has 2 atom stereocenters. The number of benzene rings is 2. The van der Waals surface area contributed by atoms with Crippen molar-refractivity contribution in [2.24, 2.45) is 0 Å². The van der Waals surface area contributed by atoms with Gasteiger partial charge >= 0.3 is 6.18 Å². The summed E-state index contributed by atoms with van der Waals surface area (Å²) >= 11 is 0. The van der Waals surface area contributed by atoms with Crippen molar-refractivity contribution in [2.45, 2.75) is 24.7 Å². The summed E-state index contributed by atoms with van der Waals surface area (Å²) in [5.74, 6) is -0.157. The van der Waals surface area contributed by atoms with Gasteiger partial charge in [-0.05, 0) is 36.7 Å². The van der Waals surface area contributed by atoms with Gasteiger partial charge in [-0.25, -0.2) is 4.39 Å². The molecule has 0 bridgehead atoms. The Labute approximate surface area is 178 Å². The quantitative estimate of drug-likeness (QED) is 0.703. The third-order valence-electron chi connectivity index (χ3n) is 5.53. The Morgan fingerprint density at radius 3 is 2.73 bits per heavy atom. The predicted octanol–water partition coefficient (Wildman–Crippen LogP) is 4.51. The van der Waals surface area contributed by atoms with Gasteiger partial charge in [0.2, 0.25) is 0 Å². The minimum atomic E-state index is -4.49. The highest BCUT2D eigenvalue weighted by atomic mass is 35.5. The average Bonchev–Trinajstić information content (AvgIpc) is 2.72. The molecule has 2 unspecified atom stereocenters. The minimum absolute atomic E-state index is 0. The van der Waals surface area contributed by atoms with Crippen LogP contribution in [0.25, 0.3) is 11.1 Å². The molecule has 0 aliphatic carbocycles. The van der Waals surface area contributed by atoms with Crippen molar-refractivity contribution in [1.29, 1.82) is 0 Å². The van der Waals surface area contributed by atoms with E-state index in [0.29, 0.717) is 24.6 Å². The van der Waals surface area contributed by atoms with Crippen LogP contribution >= 0.6 is 12.4 Å². The summed E-state index contributed by atoms with van der Waals surface area (Å²) in [5.41, 5.74) is 0.0137. The Kier molecular flexibility index (Phi) is 6.79. The van der Waals surface area contributed by atoms with Crippen LogP contribution in [0.4, 0.5) is 23.2 Å². The Hall–Kier alpha value is -2.03. The molecule has 2 aromatic carbocycles. The number of ether oxygens (including phenoxy) is 2. The number of methoxy groups -OCH3 is 1. The highest BCUT2D eigenvalue weighted by Gasteiger charge is 2.36. The van der Waals surface area contributed by atoms with Crippen molar-refractivity contribution >= 4 is 18.1 Å². The summed E-state index contributed by atoms with van der Waals surface area (Å²) < 4.78 is 65.5.